The summed E-state index contributed by atoms with van der Waals surface area (Å²) < 4.78 is 20.0. The Morgan fingerprint density at radius 2 is 0.784 bits per heavy atom. The van der Waals surface area contributed by atoms with Crippen molar-refractivity contribution in [1.82, 2.24) is 0 Å². The molecule has 2 atom stereocenters. The normalized spacial score (nSPS) is 12.9. The Balaban J connectivity index is 1.40. The molecule has 0 amide bonds. The van der Waals surface area contributed by atoms with Crippen molar-refractivity contribution in [2.45, 2.75) is 63.6 Å². The van der Waals surface area contributed by atoms with Crippen molar-refractivity contribution < 1.29 is 24.4 Å². The first-order chi connectivity index (χ1) is 24.5. The van der Waals surface area contributed by atoms with Crippen molar-refractivity contribution in [2.24, 2.45) is 0 Å². The van der Waals surface area contributed by atoms with Crippen molar-refractivity contribution in [1.29, 1.82) is 0 Å². The lowest BCUT2D eigenvalue weighted by Crippen LogP contribution is -2.26. The van der Waals surface area contributed by atoms with Gasteiger partial charge < -0.3 is 24.4 Å². The molecule has 6 rings (SSSR count). The third-order valence-corrected chi connectivity index (χ3v) is 9.44. The zero-order valence-electron chi connectivity index (χ0n) is 29.7. The molecule has 6 aromatic carbocycles. The average Bonchev–Trinajstić information content (AvgIpc) is 3.12. The molecule has 260 valence electrons. The number of hydrogen-bond acceptors (Lipinski definition) is 5. The van der Waals surface area contributed by atoms with E-state index in [1.54, 1.807) is 24.3 Å². The lowest BCUT2D eigenvalue weighted by molar-refractivity contribution is -0.0413. The molecule has 5 nitrogen and oxygen atoms in total. The molecule has 0 bridgehead atoms. The average molecular weight is 679 g/mol. The van der Waals surface area contributed by atoms with Crippen LogP contribution < -0.4 is 9.47 Å². The van der Waals surface area contributed by atoms with Crippen LogP contribution in [-0.2, 0) is 15.6 Å². The van der Waals surface area contributed by atoms with Gasteiger partial charge in [-0.15, -0.1) is 0 Å². The maximum atomic E-state index is 10.0. The molecule has 51 heavy (non-hydrogen) atoms. The summed E-state index contributed by atoms with van der Waals surface area (Å²) in [4.78, 5) is 0. The van der Waals surface area contributed by atoms with Crippen molar-refractivity contribution in [3.8, 4) is 34.5 Å². The van der Waals surface area contributed by atoms with E-state index in [4.69, 9.17) is 14.2 Å². The van der Waals surface area contributed by atoms with Crippen LogP contribution in [0.25, 0.3) is 0 Å². The summed E-state index contributed by atoms with van der Waals surface area (Å²) in [6.45, 7) is 8.85. The lowest BCUT2D eigenvalue weighted by atomic mass is 9.77. The number of phenolic OH excluding ortho intramolecular Hbond substituents is 2. The Bertz CT molecular complexity index is 1840. The Morgan fingerprint density at radius 1 is 0.431 bits per heavy atom. The van der Waals surface area contributed by atoms with Crippen molar-refractivity contribution in [2.75, 3.05) is 0 Å². The number of rotatable bonds is 14. The van der Waals surface area contributed by atoms with E-state index in [0.717, 1.165) is 45.3 Å². The summed E-state index contributed by atoms with van der Waals surface area (Å²) in [7, 11) is 0. The predicted molar refractivity (Wildman–Crippen MR) is 204 cm³/mol. The highest BCUT2D eigenvalue weighted by atomic mass is 16.5. The Morgan fingerprint density at radius 3 is 1.16 bits per heavy atom. The molecule has 2 N–H and O–H groups in total. The van der Waals surface area contributed by atoms with E-state index >= 15 is 0 Å². The summed E-state index contributed by atoms with van der Waals surface area (Å²) in [6.07, 6.45) is 0.631. The predicted octanol–water partition coefficient (Wildman–Crippen LogP) is 12.2. The van der Waals surface area contributed by atoms with Crippen molar-refractivity contribution in [3.05, 3.63) is 180 Å². The maximum Gasteiger partial charge on any atom is 0.127 e. The molecule has 0 fully saturated rings. The summed E-state index contributed by atoms with van der Waals surface area (Å²) in [5.41, 5.74) is 3.57. The van der Waals surface area contributed by atoms with Crippen LogP contribution in [0.2, 0.25) is 0 Å². The van der Waals surface area contributed by atoms with Crippen molar-refractivity contribution in [3.63, 3.8) is 0 Å². The fourth-order valence-corrected chi connectivity index (χ4v) is 6.48. The van der Waals surface area contributed by atoms with E-state index in [-0.39, 0.29) is 34.5 Å². The summed E-state index contributed by atoms with van der Waals surface area (Å²) in [5.74, 6) is 3.47. The van der Waals surface area contributed by atoms with Crippen LogP contribution in [0.1, 0.15) is 75.0 Å². The maximum absolute atomic E-state index is 10.0. The molecule has 0 aliphatic carbocycles. The third kappa shape index (κ3) is 9.39. The second-order valence-electron chi connectivity index (χ2n) is 14.4. The minimum atomic E-state index is -0.340. The minimum Gasteiger partial charge on any atom is -0.508 e. The van der Waals surface area contributed by atoms with Crippen LogP contribution in [0.5, 0.6) is 34.5 Å². The smallest absolute Gasteiger partial charge is 0.127 e. The summed E-state index contributed by atoms with van der Waals surface area (Å²) >= 11 is 0. The summed E-state index contributed by atoms with van der Waals surface area (Å²) in [5, 5.41) is 20.1. The Hall–Kier alpha value is -5.52. The summed E-state index contributed by atoms with van der Waals surface area (Å²) in [6, 6.07) is 50.8. The number of phenols is 2. The van der Waals surface area contributed by atoms with Crippen LogP contribution in [-0.4, -0.2) is 10.2 Å². The Kier molecular flexibility index (Phi) is 10.8. The highest BCUT2D eigenvalue weighted by Crippen LogP contribution is 2.44. The van der Waals surface area contributed by atoms with Crippen LogP contribution in [0.3, 0.4) is 0 Å². The second kappa shape index (κ2) is 15.6. The molecule has 0 aliphatic heterocycles. The van der Waals surface area contributed by atoms with E-state index in [9.17, 15) is 10.2 Å². The fraction of sp³-hybridized carbons (Fsp3) is 0.217. The second-order valence-corrected chi connectivity index (χ2v) is 14.4. The van der Waals surface area contributed by atoms with Gasteiger partial charge in [0.2, 0.25) is 0 Å². The van der Waals surface area contributed by atoms with Crippen LogP contribution in [0.15, 0.2) is 158 Å². The van der Waals surface area contributed by atoms with Gasteiger partial charge in [-0.2, -0.15) is 0 Å². The first-order valence-electron chi connectivity index (χ1n) is 17.4. The monoisotopic (exact) mass is 678 g/mol. The van der Waals surface area contributed by atoms with Crippen LogP contribution >= 0.6 is 0 Å². The molecule has 0 spiro atoms. The molecule has 6 aromatic rings. The van der Waals surface area contributed by atoms with Gasteiger partial charge in [0.15, 0.2) is 0 Å². The fourth-order valence-electron chi connectivity index (χ4n) is 6.48. The molecule has 0 saturated heterocycles. The molecule has 0 aromatic heterocycles. The van der Waals surface area contributed by atoms with Crippen molar-refractivity contribution >= 4 is 0 Å². The molecule has 0 aliphatic rings. The minimum absolute atomic E-state index is 0.238. The topological polar surface area (TPSA) is 68.2 Å². The molecule has 0 saturated carbocycles. The molecular weight excluding hydrogens is 633 g/mol. The molecular formula is C46H46O5. The number of ether oxygens (including phenoxy) is 3. The SMILES string of the molecule is CC(C)(CC(OC(CC(C)(C)c1ccc(O)cc1)c1cccc(Oc2ccccc2)c1)c1cccc(Oc2ccccc2)c1)c1ccc(O)cc1. The number of benzene rings is 6. The van der Waals surface area contributed by atoms with Gasteiger partial charge >= 0.3 is 0 Å². The number of hydrogen-bond donors (Lipinski definition) is 2. The van der Waals surface area contributed by atoms with Gasteiger partial charge in [0.1, 0.15) is 34.5 Å². The highest BCUT2D eigenvalue weighted by molar-refractivity contribution is 5.39. The molecule has 5 heteroatoms. The first kappa shape index (κ1) is 35.3. The van der Waals surface area contributed by atoms with E-state index in [0.29, 0.717) is 12.8 Å². The molecule has 2 unspecified atom stereocenters. The third-order valence-electron chi connectivity index (χ3n) is 9.44. The Labute approximate surface area is 301 Å². The van der Waals surface area contributed by atoms with E-state index < -0.39 is 0 Å². The van der Waals surface area contributed by atoms with Gasteiger partial charge in [0.05, 0.1) is 12.2 Å². The van der Waals surface area contributed by atoms with E-state index in [2.05, 4.69) is 52.0 Å². The quantitative estimate of drug-likeness (QED) is 0.120. The molecule has 0 radical (unpaired) electrons. The van der Waals surface area contributed by atoms with Gasteiger partial charge in [-0.25, -0.2) is 0 Å². The van der Waals surface area contributed by atoms with Gasteiger partial charge in [-0.05, 0) is 119 Å². The van der Waals surface area contributed by atoms with Crippen LogP contribution in [0, 0.1) is 0 Å². The zero-order valence-corrected chi connectivity index (χ0v) is 29.7. The standard InChI is InChI=1S/C46H46O5/c1-45(2,35-21-25-37(47)26-22-35)31-43(33-13-11-19-41(29-33)49-39-15-7-5-8-16-39)51-44(32-46(3,4)36-23-27-38(48)28-24-36)34-14-12-20-42(30-34)50-40-17-9-6-10-18-40/h5-30,43-44,47-48H,31-32H2,1-4H3. The van der Waals surface area contributed by atoms with E-state index in [1.165, 1.54) is 0 Å². The van der Waals surface area contributed by atoms with Crippen LogP contribution in [0.4, 0.5) is 0 Å². The first-order valence-corrected chi connectivity index (χ1v) is 17.4. The van der Waals surface area contributed by atoms with Gasteiger partial charge in [0, 0.05) is 0 Å². The van der Waals surface area contributed by atoms with Gasteiger partial charge in [0.25, 0.3) is 0 Å². The number of para-hydroxylation sites is 2. The zero-order chi connectivity index (χ0) is 35.8. The van der Waals surface area contributed by atoms with Gasteiger partial charge in [-0.1, -0.05) is 113 Å². The molecule has 0 heterocycles. The largest absolute Gasteiger partial charge is 0.508 e. The highest BCUT2D eigenvalue weighted by Gasteiger charge is 2.33. The number of aromatic hydroxyl groups is 2. The van der Waals surface area contributed by atoms with Gasteiger partial charge in [-0.3, -0.25) is 0 Å². The lowest BCUT2D eigenvalue weighted by Gasteiger charge is -2.36. The van der Waals surface area contributed by atoms with E-state index in [1.807, 2.05) is 109 Å².